The lowest BCUT2D eigenvalue weighted by Gasteiger charge is -2.15. The lowest BCUT2D eigenvalue weighted by Crippen LogP contribution is -2.30. The number of halogens is 1. The Kier molecular flexibility index (Phi) is 5.54. The SMILES string of the molecule is COc1ccc(Cl)cc1NC(=O)[C@@H](C)OC(=O)c1nccnc1N. The Morgan fingerprint density at radius 3 is 2.67 bits per heavy atom. The fourth-order valence-electron chi connectivity index (χ4n) is 1.79. The summed E-state index contributed by atoms with van der Waals surface area (Å²) in [5.74, 6) is -1.07. The maximum atomic E-state index is 12.2. The smallest absolute Gasteiger partial charge is 0.361 e. The van der Waals surface area contributed by atoms with Crippen LogP contribution in [-0.4, -0.2) is 35.1 Å². The molecule has 0 bridgehead atoms. The average Bonchev–Trinajstić information content (AvgIpc) is 2.55. The van der Waals surface area contributed by atoms with Gasteiger partial charge in [0.1, 0.15) is 5.75 Å². The molecule has 0 unspecified atom stereocenters. The van der Waals surface area contributed by atoms with E-state index < -0.39 is 18.0 Å². The number of nitrogen functional groups attached to an aromatic ring is 1. The minimum absolute atomic E-state index is 0.0772. The molecule has 126 valence electrons. The summed E-state index contributed by atoms with van der Waals surface area (Å²) in [7, 11) is 1.46. The predicted octanol–water partition coefficient (Wildman–Crippen LogP) is 1.90. The second-order valence-corrected chi connectivity index (χ2v) is 5.11. The summed E-state index contributed by atoms with van der Waals surface area (Å²) < 4.78 is 10.2. The monoisotopic (exact) mass is 350 g/mol. The van der Waals surface area contributed by atoms with Crippen LogP contribution in [0.25, 0.3) is 0 Å². The molecule has 3 N–H and O–H groups in total. The molecule has 1 heterocycles. The van der Waals surface area contributed by atoms with Gasteiger partial charge in [0, 0.05) is 17.4 Å². The minimum atomic E-state index is -1.09. The van der Waals surface area contributed by atoms with Crippen LogP contribution in [0.2, 0.25) is 5.02 Å². The topological polar surface area (TPSA) is 116 Å². The number of hydrogen-bond donors (Lipinski definition) is 2. The predicted molar refractivity (Wildman–Crippen MR) is 88.0 cm³/mol. The number of ether oxygens (including phenoxy) is 2. The van der Waals surface area contributed by atoms with E-state index in [-0.39, 0.29) is 11.5 Å². The number of aromatic nitrogens is 2. The highest BCUT2D eigenvalue weighted by atomic mass is 35.5. The number of anilines is 2. The van der Waals surface area contributed by atoms with Gasteiger partial charge in [-0.25, -0.2) is 14.8 Å². The zero-order valence-corrected chi connectivity index (χ0v) is 13.7. The zero-order chi connectivity index (χ0) is 17.7. The van der Waals surface area contributed by atoms with E-state index in [2.05, 4.69) is 15.3 Å². The van der Waals surface area contributed by atoms with Gasteiger partial charge in [-0.2, -0.15) is 0 Å². The quantitative estimate of drug-likeness (QED) is 0.791. The third-order valence-electron chi connectivity index (χ3n) is 2.99. The Bertz CT molecular complexity index is 769. The summed E-state index contributed by atoms with van der Waals surface area (Å²) in [6.45, 7) is 1.41. The van der Waals surface area contributed by atoms with Crippen molar-refractivity contribution in [2.24, 2.45) is 0 Å². The van der Waals surface area contributed by atoms with Crippen molar-refractivity contribution in [3.8, 4) is 5.75 Å². The van der Waals surface area contributed by atoms with Gasteiger partial charge in [-0.05, 0) is 25.1 Å². The number of amides is 1. The number of carbonyl (C=O) groups is 2. The van der Waals surface area contributed by atoms with Crippen LogP contribution in [0.3, 0.4) is 0 Å². The molecule has 2 rings (SSSR count). The molecule has 0 radical (unpaired) electrons. The standard InChI is InChI=1S/C15H15ClN4O4/c1-8(24-15(22)12-13(17)19-6-5-18-12)14(21)20-10-7-9(16)3-4-11(10)23-2/h3-8H,1-2H3,(H2,17,19)(H,20,21)/t8-/m1/s1. The number of carbonyl (C=O) groups excluding carboxylic acids is 2. The van der Waals surface area contributed by atoms with Crippen molar-refractivity contribution in [2.45, 2.75) is 13.0 Å². The number of nitrogens with zero attached hydrogens (tertiary/aromatic N) is 2. The van der Waals surface area contributed by atoms with Crippen molar-refractivity contribution < 1.29 is 19.1 Å². The van der Waals surface area contributed by atoms with E-state index in [1.165, 1.54) is 32.5 Å². The number of benzene rings is 1. The van der Waals surface area contributed by atoms with Gasteiger partial charge in [-0.15, -0.1) is 0 Å². The van der Waals surface area contributed by atoms with E-state index in [1.54, 1.807) is 12.1 Å². The Labute approximate surface area is 142 Å². The first kappa shape index (κ1) is 17.5. The third kappa shape index (κ3) is 4.11. The van der Waals surface area contributed by atoms with Gasteiger partial charge in [-0.3, -0.25) is 4.79 Å². The maximum absolute atomic E-state index is 12.2. The molecule has 0 aliphatic rings. The first-order valence-corrected chi connectivity index (χ1v) is 7.22. The lowest BCUT2D eigenvalue weighted by molar-refractivity contribution is -0.123. The normalized spacial score (nSPS) is 11.5. The molecule has 1 aromatic carbocycles. The second kappa shape index (κ2) is 7.60. The number of nitrogens with one attached hydrogen (secondary N) is 1. The number of rotatable bonds is 5. The van der Waals surface area contributed by atoms with E-state index in [4.69, 9.17) is 26.8 Å². The molecule has 24 heavy (non-hydrogen) atoms. The van der Waals surface area contributed by atoms with Crippen molar-refractivity contribution in [1.29, 1.82) is 0 Å². The molecule has 8 nitrogen and oxygen atoms in total. The summed E-state index contributed by atoms with van der Waals surface area (Å²) in [5, 5.41) is 3.00. The van der Waals surface area contributed by atoms with Crippen LogP contribution in [0.4, 0.5) is 11.5 Å². The Balaban J connectivity index is 2.06. The van der Waals surface area contributed by atoms with Crippen molar-refractivity contribution in [1.82, 2.24) is 9.97 Å². The molecular formula is C15H15ClN4O4. The maximum Gasteiger partial charge on any atom is 0.361 e. The first-order chi connectivity index (χ1) is 11.4. The van der Waals surface area contributed by atoms with Gasteiger partial charge in [-0.1, -0.05) is 11.6 Å². The van der Waals surface area contributed by atoms with Crippen molar-refractivity contribution >= 4 is 35.0 Å². The van der Waals surface area contributed by atoms with E-state index >= 15 is 0 Å². The molecule has 2 aromatic rings. The number of methoxy groups -OCH3 is 1. The van der Waals surface area contributed by atoms with E-state index in [0.29, 0.717) is 16.5 Å². The van der Waals surface area contributed by atoms with Crippen molar-refractivity contribution in [3.05, 3.63) is 41.3 Å². The van der Waals surface area contributed by atoms with Crippen LogP contribution in [0.1, 0.15) is 17.4 Å². The molecule has 1 aromatic heterocycles. The van der Waals surface area contributed by atoms with Crippen molar-refractivity contribution in [2.75, 3.05) is 18.2 Å². The van der Waals surface area contributed by atoms with Crippen LogP contribution >= 0.6 is 11.6 Å². The fourth-order valence-corrected chi connectivity index (χ4v) is 1.96. The lowest BCUT2D eigenvalue weighted by atomic mass is 10.2. The highest BCUT2D eigenvalue weighted by Crippen LogP contribution is 2.27. The zero-order valence-electron chi connectivity index (χ0n) is 12.9. The van der Waals surface area contributed by atoms with Crippen LogP contribution in [-0.2, 0) is 9.53 Å². The van der Waals surface area contributed by atoms with E-state index in [1.807, 2.05) is 0 Å². The molecule has 0 aliphatic heterocycles. The number of nitrogens with two attached hydrogens (primary N) is 1. The van der Waals surface area contributed by atoms with Gasteiger partial charge in [0.25, 0.3) is 5.91 Å². The Hall–Kier alpha value is -2.87. The van der Waals surface area contributed by atoms with Crippen LogP contribution < -0.4 is 15.8 Å². The summed E-state index contributed by atoms with van der Waals surface area (Å²) in [6.07, 6.45) is 1.55. The van der Waals surface area contributed by atoms with Gasteiger partial charge in [0.05, 0.1) is 12.8 Å². The molecule has 0 spiro atoms. The average molecular weight is 351 g/mol. The first-order valence-electron chi connectivity index (χ1n) is 6.84. The van der Waals surface area contributed by atoms with Gasteiger partial charge < -0.3 is 20.5 Å². The summed E-state index contributed by atoms with van der Waals surface area (Å²) >= 11 is 5.90. The minimum Gasteiger partial charge on any atom is -0.495 e. The fraction of sp³-hybridized carbons (Fsp3) is 0.200. The van der Waals surface area contributed by atoms with E-state index in [9.17, 15) is 9.59 Å². The molecule has 1 atom stereocenters. The molecule has 9 heteroatoms. The van der Waals surface area contributed by atoms with Crippen molar-refractivity contribution in [3.63, 3.8) is 0 Å². The van der Waals surface area contributed by atoms with Crippen LogP contribution in [0.5, 0.6) is 5.75 Å². The summed E-state index contributed by atoms with van der Waals surface area (Å²) in [6, 6.07) is 4.75. The summed E-state index contributed by atoms with van der Waals surface area (Å²) in [4.78, 5) is 31.7. The molecular weight excluding hydrogens is 336 g/mol. The van der Waals surface area contributed by atoms with E-state index in [0.717, 1.165) is 0 Å². The second-order valence-electron chi connectivity index (χ2n) is 4.67. The highest BCUT2D eigenvalue weighted by Gasteiger charge is 2.22. The van der Waals surface area contributed by atoms with Crippen LogP contribution in [0.15, 0.2) is 30.6 Å². The van der Waals surface area contributed by atoms with Crippen LogP contribution in [0, 0.1) is 0 Å². The third-order valence-corrected chi connectivity index (χ3v) is 3.23. The molecule has 1 amide bonds. The Morgan fingerprint density at radius 1 is 1.29 bits per heavy atom. The van der Waals surface area contributed by atoms with Gasteiger partial charge in [0.2, 0.25) is 0 Å². The number of hydrogen-bond acceptors (Lipinski definition) is 7. The molecule has 0 saturated heterocycles. The molecule has 0 fully saturated rings. The van der Waals surface area contributed by atoms with Gasteiger partial charge >= 0.3 is 5.97 Å². The Morgan fingerprint density at radius 2 is 2.00 bits per heavy atom. The number of esters is 1. The largest absolute Gasteiger partial charge is 0.495 e. The van der Waals surface area contributed by atoms with Gasteiger partial charge in [0.15, 0.2) is 17.6 Å². The highest BCUT2D eigenvalue weighted by molar-refractivity contribution is 6.31. The molecule has 0 saturated carbocycles. The summed E-state index contributed by atoms with van der Waals surface area (Å²) in [5.41, 5.74) is 5.75. The molecule has 0 aliphatic carbocycles.